The van der Waals surface area contributed by atoms with Gasteiger partial charge in [-0.3, -0.25) is 4.79 Å². The standard InChI is InChI=1S/C14H22N2O3.ClH/c1-5-11(15)14(17)16-9(2)10-6-7-12(18-3)13(8-10)19-4;/h6-9,11H,5,15H2,1-4H3,(H,16,17);1H/t9?,11-;/m0./s1. The first-order chi connectivity index (χ1) is 9.03. The summed E-state index contributed by atoms with van der Waals surface area (Å²) in [4.78, 5) is 11.7. The summed E-state index contributed by atoms with van der Waals surface area (Å²) in [5.41, 5.74) is 6.63. The van der Waals surface area contributed by atoms with E-state index in [9.17, 15) is 4.79 Å². The van der Waals surface area contributed by atoms with E-state index in [0.717, 1.165) is 5.56 Å². The van der Waals surface area contributed by atoms with E-state index in [0.29, 0.717) is 17.9 Å². The molecule has 0 aliphatic carbocycles. The number of nitrogens with two attached hydrogens (primary N) is 1. The van der Waals surface area contributed by atoms with Crippen molar-refractivity contribution in [2.45, 2.75) is 32.4 Å². The van der Waals surface area contributed by atoms with Crippen molar-refractivity contribution < 1.29 is 14.3 Å². The Morgan fingerprint density at radius 2 is 1.90 bits per heavy atom. The van der Waals surface area contributed by atoms with Crippen molar-refractivity contribution in [3.63, 3.8) is 0 Å². The maximum atomic E-state index is 11.7. The summed E-state index contributed by atoms with van der Waals surface area (Å²) in [5, 5.41) is 2.88. The molecule has 0 saturated carbocycles. The Kier molecular flexibility index (Phi) is 8.03. The van der Waals surface area contributed by atoms with E-state index in [1.54, 1.807) is 14.2 Å². The van der Waals surface area contributed by atoms with Gasteiger partial charge in [-0.2, -0.15) is 0 Å². The molecule has 2 atom stereocenters. The summed E-state index contributed by atoms with van der Waals surface area (Å²) in [6.07, 6.45) is 0.616. The van der Waals surface area contributed by atoms with Crippen LogP contribution in [0.4, 0.5) is 0 Å². The average molecular weight is 303 g/mol. The predicted molar refractivity (Wildman–Crippen MR) is 81.6 cm³/mol. The lowest BCUT2D eigenvalue weighted by atomic mass is 10.1. The normalized spacial score (nSPS) is 12.8. The molecule has 0 radical (unpaired) electrons. The molecule has 20 heavy (non-hydrogen) atoms. The molecule has 0 spiro atoms. The molecule has 0 heterocycles. The third kappa shape index (κ3) is 4.58. The highest BCUT2D eigenvalue weighted by Crippen LogP contribution is 2.29. The van der Waals surface area contributed by atoms with E-state index in [1.807, 2.05) is 32.0 Å². The molecule has 3 N–H and O–H groups in total. The Balaban J connectivity index is 0.00000361. The Morgan fingerprint density at radius 1 is 1.30 bits per heavy atom. The molecule has 0 saturated heterocycles. The van der Waals surface area contributed by atoms with Gasteiger partial charge in [-0.05, 0) is 31.0 Å². The second kappa shape index (κ2) is 8.66. The number of halogens is 1. The molecule has 1 unspecified atom stereocenters. The molecular weight excluding hydrogens is 280 g/mol. The lowest BCUT2D eigenvalue weighted by molar-refractivity contribution is -0.123. The molecule has 1 aromatic rings. The first-order valence-corrected chi connectivity index (χ1v) is 6.31. The molecule has 6 heteroatoms. The van der Waals surface area contributed by atoms with Crippen LogP contribution < -0.4 is 20.5 Å². The van der Waals surface area contributed by atoms with Gasteiger partial charge in [0.05, 0.1) is 26.3 Å². The maximum absolute atomic E-state index is 11.7. The minimum absolute atomic E-state index is 0. The molecular formula is C14H23ClN2O3. The number of methoxy groups -OCH3 is 2. The van der Waals surface area contributed by atoms with Crippen molar-refractivity contribution >= 4 is 18.3 Å². The average Bonchev–Trinajstić information content (AvgIpc) is 2.45. The molecule has 0 bridgehead atoms. The zero-order valence-corrected chi connectivity index (χ0v) is 13.1. The van der Waals surface area contributed by atoms with Crippen LogP contribution in [0.3, 0.4) is 0 Å². The fourth-order valence-electron chi connectivity index (χ4n) is 1.71. The van der Waals surface area contributed by atoms with Crippen molar-refractivity contribution in [1.29, 1.82) is 0 Å². The SMILES string of the molecule is CC[C@H](N)C(=O)NC(C)c1ccc(OC)c(OC)c1.Cl. The molecule has 1 aromatic carbocycles. The van der Waals surface area contributed by atoms with E-state index in [-0.39, 0.29) is 24.4 Å². The largest absolute Gasteiger partial charge is 0.493 e. The van der Waals surface area contributed by atoms with Gasteiger partial charge >= 0.3 is 0 Å². The zero-order chi connectivity index (χ0) is 14.4. The highest BCUT2D eigenvalue weighted by molar-refractivity contribution is 5.85. The van der Waals surface area contributed by atoms with E-state index in [4.69, 9.17) is 15.2 Å². The number of carbonyl (C=O) groups is 1. The van der Waals surface area contributed by atoms with Crippen molar-refractivity contribution in [1.82, 2.24) is 5.32 Å². The van der Waals surface area contributed by atoms with Crippen LogP contribution in [0.25, 0.3) is 0 Å². The van der Waals surface area contributed by atoms with Gasteiger partial charge in [0, 0.05) is 0 Å². The predicted octanol–water partition coefficient (Wildman–Crippen LogP) is 2.04. The molecule has 0 aliphatic rings. The summed E-state index contributed by atoms with van der Waals surface area (Å²) >= 11 is 0. The Bertz CT molecular complexity index is 440. The minimum Gasteiger partial charge on any atom is -0.493 e. The number of benzene rings is 1. The van der Waals surface area contributed by atoms with Crippen molar-refractivity contribution in [3.8, 4) is 11.5 Å². The number of ether oxygens (including phenoxy) is 2. The topological polar surface area (TPSA) is 73.6 Å². The fourth-order valence-corrected chi connectivity index (χ4v) is 1.71. The second-order valence-corrected chi connectivity index (χ2v) is 4.36. The van der Waals surface area contributed by atoms with Crippen LogP contribution in [-0.4, -0.2) is 26.2 Å². The monoisotopic (exact) mass is 302 g/mol. The van der Waals surface area contributed by atoms with Gasteiger partial charge in [0.1, 0.15) is 0 Å². The van der Waals surface area contributed by atoms with E-state index < -0.39 is 6.04 Å². The molecule has 114 valence electrons. The van der Waals surface area contributed by atoms with Crippen LogP contribution in [0.2, 0.25) is 0 Å². The van der Waals surface area contributed by atoms with Crippen LogP contribution >= 0.6 is 12.4 Å². The smallest absolute Gasteiger partial charge is 0.237 e. The highest BCUT2D eigenvalue weighted by Gasteiger charge is 2.16. The third-order valence-electron chi connectivity index (χ3n) is 3.04. The second-order valence-electron chi connectivity index (χ2n) is 4.36. The summed E-state index contributed by atoms with van der Waals surface area (Å²) in [6, 6.07) is 4.95. The maximum Gasteiger partial charge on any atom is 0.237 e. The van der Waals surface area contributed by atoms with Crippen LogP contribution in [0, 0.1) is 0 Å². The van der Waals surface area contributed by atoms with Crippen LogP contribution in [0.5, 0.6) is 11.5 Å². The van der Waals surface area contributed by atoms with E-state index in [1.165, 1.54) is 0 Å². The molecule has 0 aromatic heterocycles. The number of nitrogens with one attached hydrogen (secondary N) is 1. The number of hydrogen-bond acceptors (Lipinski definition) is 4. The fraction of sp³-hybridized carbons (Fsp3) is 0.500. The van der Waals surface area contributed by atoms with Crippen LogP contribution in [0.1, 0.15) is 31.9 Å². The zero-order valence-electron chi connectivity index (χ0n) is 12.3. The third-order valence-corrected chi connectivity index (χ3v) is 3.04. The Hall–Kier alpha value is -1.46. The summed E-state index contributed by atoms with van der Waals surface area (Å²) in [7, 11) is 3.17. The van der Waals surface area contributed by atoms with E-state index >= 15 is 0 Å². The van der Waals surface area contributed by atoms with Gasteiger partial charge in [-0.25, -0.2) is 0 Å². The summed E-state index contributed by atoms with van der Waals surface area (Å²) < 4.78 is 10.4. The van der Waals surface area contributed by atoms with Crippen molar-refractivity contribution in [2.24, 2.45) is 5.73 Å². The van der Waals surface area contributed by atoms with Gasteiger partial charge in [0.25, 0.3) is 0 Å². The molecule has 0 aliphatic heterocycles. The van der Waals surface area contributed by atoms with Crippen molar-refractivity contribution in [3.05, 3.63) is 23.8 Å². The quantitative estimate of drug-likeness (QED) is 0.843. The van der Waals surface area contributed by atoms with Crippen LogP contribution in [-0.2, 0) is 4.79 Å². The van der Waals surface area contributed by atoms with Crippen LogP contribution in [0.15, 0.2) is 18.2 Å². The number of carbonyl (C=O) groups excluding carboxylic acids is 1. The first kappa shape index (κ1) is 18.5. The summed E-state index contributed by atoms with van der Waals surface area (Å²) in [6.45, 7) is 3.78. The number of rotatable bonds is 6. The van der Waals surface area contributed by atoms with E-state index in [2.05, 4.69) is 5.32 Å². The number of amides is 1. The lowest BCUT2D eigenvalue weighted by Gasteiger charge is -2.18. The van der Waals surface area contributed by atoms with Gasteiger partial charge in [0.15, 0.2) is 11.5 Å². The van der Waals surface area contributed by atoms with Gasteiger partial charge < -0.3 is 20.5 Å². The first-order valence-electron chi connectivity index (χ1n) is 6.31. The minimum atomic E-state index is -0.470. The Morgan fingerprint density at radius 3 is 2.40 bits per heavy atom. The van der Waals surface area contributed by atoms with Gasteiger partial charge in [-0.15, -0.1) is 12.4 Å². The number of hydrogen-bond donors (Lipinski definition) is 2. The van der Waals surface area contributed by atoms with Gasteiger partial charge in [0.2, 0.25) is 5.91 Å². The molecule has 1 rings (SSSR count). The molecule has 5 nitrogen and oxygen atoms in total. The van der Waals surface area contributed by atoms with Gasteiger partial charge in [-0.1, -0.05) is 13.0 Å². The molecule has 0 fully saturated rings. The highest BCUT2D eigenvalue weighted by atomic mass is 35.5. The molecule has 1 amide bonds. The lowest BCUT2D eigenvalue weighted by Crippen LogP contribution is -2.41. The summed E-state index contributed by atoms with van der Waals surface area (Å²) in [5.74, 6) is 1.15. The van der Waals surface area contributed by atoms with Crippen molar-refractivity contribution in [2.75, 3.05) is 14.2 Å². The Labute approximate surface area is 126 Å².